The van der Waals surface area contributed by atoms with Crippen LogP contribution in [0.25, 0.3) is 16.9 Å². The number of rotatable bonds is 2. The van der Waals surface area contributed by atoms with Gasteiger partial charge < -0.3 is 5.73 Å². The summed E-state index contributed by atoms with van der Waals surface area (Å²) in [5.41, 5.74) is 9.69. The molecule has 3 aromatic heterocycles. The molecule has 0 unspecified atom stereocenters. The Morgan fingerprint density at radius 1 is 1.13 bits per heavy atom. The van der Waals surface area contributed by atoms with Crippen LogP contribution in [-0.2, 0) is 0 Å². The molecule has 0 amide bonds. The van der Waals surface area contributed by atoms with Crippen LogP contribution in [0.1, 0.15) is 43.7 Å². The fourth-order valence-corrected chi connectivity index (χ4v) is 3.86. The number of fused-ring (bicyclic) bond motifs is 1. The SMILES string of the molecule is Nc1c(Br)c(C2CCCCC2)nc2c(-c3cnccn3)cnn12. The quantitative estimate of drug-likeness (QED) is 0.743. The van der Waals surface area contributed by atoms with E-state index in [0.717, 1.165) is 39.9 Å². The van der Waals surface area contributed by atoms with Crippen molar-refractivity contribution in [2.24, 2.45) is 0 Å². The van der Waals surface area contributed by atoms with E-state index in [1.54, 1.807) is 29.3 Å². The Morgan fingerprint density at radius 2 is 1.96 bits per heavy atom. The van der Waals surface area contributed by atoms with E-state index < -0.39 is 0 Å². The van der Waals surface area contributed by atoms with Gasteiger partial charge in [-0.1, -0.05) is 19.3 Å². The fraction of sp³-hybridized carbons (Fsp3) is 0.375. The number of hydrogen-bond donors (Lipinski definition) is 1. The predicted molar refractivity (Wildman–Crippen MR) is 92.0 cm³/mol. The summed E-state index contributed by atoms with van der Waals surface area (Å²) in [6, 6.07) is 0. The summed E-state index contributed by atoms with van der Waals surface area (Å²) in [5.74, 6) is 1.04. The third kappa shape index (κ3) is 2.49. The van der Waals surface area contributed by atoms with Gasteiger partial charge in [0.2, 0.25) is 0 Å². The number of anilines is 1. The normalized spacial score (nSPS) is 16.0. The molecule has 0 atom stereocenters. The van der Waals surface area contributed by atoms with Crippen molar-refractivity contribution in [3.8, 4) is 11.3 Å². The summed E-state index contributed by atoms with van der Waals surface area (Å²) in [5, 5.41) is 4.37. The summed E-state index contributed by atoms with van der Waals surface area (Å²) >= 11 is 3.63. The molecule has 1 saturated carbocycles. The van der Waals surface area contributed by atoms with Crippen LogP contribution in [0, 0.1) is 0 Å². The Morgan fingerprint density at radius 3 is 2.70 bits per heavy atom. The summed E-state index contributed by atoms with van der Waals surface area (Å²) in [4.78, 5) is 13.4. The second-order valence-electron chi connectivity index (χ2n) is 5.92. The second kappa shape index (κ2) is 5.88. The van der Waals surface area contributed by atoms with Crippen LogP contribution in [0.2, 0.25) is 0 Å². The van der Waals surface area contributed by atoms with E-state index in [1.165, 1.54) is 19.3 Å². The van der Waals surface area contributed by atoms with E-state index in [1.807, 2.05) is 0 Å². The van der Waals surface area contributed by atoms with Crippen LogP contribution >= 0.6 is 15.9 Å². The molecule has 0 aromatic carbocycles. The van der Waals surface area contributed by atoms with Gasteiger partial charge in [0.1, 0.15) is 5.82 Å². The van der Waals surface area contributed by atoms with E-state index >= 15 is 0 Å². The van der Waals surface area contributed by atoms with Crippen molar-refractivity contribution >= 4 is 27.4 Å². The van der Waals surface area contributed by atoms with Gasteiger partial charge >= 0.3 is 0 Å². The molecule has 4 rings (SSSR count). The molecule has 0 spiro atoms. The number of nitrogens with two attached hydrogens (primary N) is 1. The van der Waals surface area contributed by atoms with Crippen molar-refractivity contribution in [1.82, 2.24) is 24.6 Å². The maximum absolute atomic E-state index is 6.29. The average Bonchev–Trinajstić information content (AvgIpc) is 3.03. The van der Waals surface area contributed by atoms with Crippen LogP contribution in [0.5, 0.6) is 0 Å². The molecular weight excluding hydrogens is 356 g/mol. The van der Waals surface area contributed by atoms with Gasteiger partial charge in [-0.05, 0) is 28.8 Å². The molecule has 0 bridgehead atoms. The first kappa shape index (κ1) is 14.6. The number of halogens is 1. The standard InChI is InChI=1S/C16H17BrN6/c17-13-14(10-4-2-1-3-5-10)22-16-11(8-21-23(16)15(13)18)12-9-19-6-7-20-12/h6-10H,1-5,18H2. The van der Waals surface area contributed by atoms with Gasteiger partial charge in [0.05, 0.1) is 33.8 Å². The zero-order chi connectivity index (χ0) is 15.8. The number of aromatic nitrogens is 5. The van der Waals surface area contributed by atoms with Gasteiger partial charge in [0.25, 0.3) is 0 Å². The van der Waals surface area contributed by atoms with Crippen LogP contribution in [0.4, 0.5) is 5.82 Å². The van der Waals surface area contributed by atoms with Gasteiger partial charge in [-0.25, -0.2) is 4.98 Å². The lowest BCUT2D eigenvalue weighted by atomic mass is 9.87. The minimum Gasteiger partial charge on any atom is -0.383 e. The highest BCUT2D eigenvalue weighted by Gasteiger charge is 2.24. The molecular formula is C16H17BrN6. The van der Waals surface area contributed by atoms with E-state index in [-0.39, 0.29) is 0 Å². The highest BCUT2D eigenvalue weighted by atomic mass is 79.9. The summed E-state index contributed by atoms with van der Waals surface area (Å²) in [6.45, 7) is 0. The van der Waals surface area contributed by atoms with Crippen molar-refractivity contribution in [3.63, 3.8) is 0 Å². The van der Waals surface area contributed by atoms with Crippen molar-refractivity contribution in [3.05, 3.63) is 35.0 Å². The number of nitrogens with zero attached hydrogens (tertiary/aromatic N) is 5. The molecule has 1 fully saturated rings. The van der Waals surface area contributed by atoms with Crippen molar-refractivity contribution in [2.75, 3.05) is 5.73 Å². The molecule has 118 valence electrons. The van der Waals surface area contributed by atoms with E-state index in [2.05, 4.69) is 31.0 Å². The lowest BCUT2D eigenvalue weighted by molar-refractivity contribution is 0.435. The number of hydrogen-bond acceptors (Lipinski definition) is 5. The molecule has 0 aliphatic heterocycles. The minimum atomic E-state index is 0.454. The zero-order valence-electron chi connectivity index (χ0n) is 12.6. The van der Waals surface area contributed by atoms with Crippen LogP contribution in [0.15, 0.2) is 29.3 Å². The Labute approximate surface area is 142 Å². The van der Waals surface area contributed by atoms with Crippen molar-refractivity contribution < 1.29 is 0 Å². The Bertz CT molecular complexity index is 839. The Kier molecular flexibility index (Phi) is 3.72. The first-order valence-electron chi connectivity index (χ1n) is 7.84. The first-order valence-corrected chi connectivity index (χ1v) is 8.64. The van der Waals surface area contributed by atoms with Crippen LogP contribution in [-0.4, -0.2) is 24.6 Å². The lowest BCUT2D eigenvalue weighted by Gasteiger charge is -2.22. The molecule has 3 heterocycles. The fourth-order valence-electron chi connectivity index (χ4n) is 3.28. The molecule has 3 aromatic rings. The zero-order valence-corrected chi connectivity index (χ0v) is 14.2. The smallest absolute Gasteiger partial charge is 0.167 e. The highest BCUT2D eigenvalue weighted by molar-refractivity contribution is 9.10. The monoisotopic (exact) mass is 372 g/mol. The largest absolute Gasteiger partial charge is 0.383 e. The predicted octanol–water partition coefficient (Wildman–Crippen LogP) is 3.58. The van der Waals surface area contributed by atoms with Crippen LogP contribution < -0.4 is 5.73 Å². The van der Waals surface area contributed by atoms with E-state index in [0.29, 0.717) is 11.7 Å². The molecule has 23 heavy (non-hydrogen) atoms. The summed E-state index contributed by atoms with van der Waals surface area (Å²) < 4.78 is 2.53. The summed E-state index contributed by atoms with van der Waals surface area (Å²) in [7, 11) is 0. The second-order valence-corrected chi connectivity index (χ2v) is 6.71. The topological polar surface area (TPSA) is 82.0 Å². The molecule has 2 N–H and O–H groups in total. The maximum atomic E-state index is 6.29. The van der Waals surface area contributed by atoms with Gasteiger partial charge in [-0.15, -0.1) is 0 Å². The maximum Gasteiger partial charge on any atom is 0.167 e. The van der Waals surface area contributed by atoms with Gasteiger partial charge in [0, 0.05) is 18.3 Å². The average molecular weight is 373 g/mol. The molecule has 7 heteroatoms. The molecule has 6 nitrogen and oxygen atoms in total. The van der Waals surface area contributed by atoms with Gasteiger partial charge in [-0.2, -0.15) is 9.61 Å². The van der Waals surface area contributed by atoms with Crippen molar-refractivity contribution in [2.45, 2.75) is 38.0 Å². The lowest BCUT2D eigenvalue weighted by Crippen LogP contribution is -2.12. The van der Waals surface area contributed by atoms with E-state index in [9.17, 15) is 0 Å². The molecule has 1 aliphatic carbocycles. The Balaban J connectivity index is 1.90. The number of nitrogen functional groups attached to an aromatic ring is 1. The summed E-state index contributed by atoms with van der Waals surface area (Å²) in [6.07, 6.45) is 12.9. The highest BCUT2D eigenvalue weighted by Crippen LogP contribution is 2.38. The van der Waals surface area contributed by atoms with Gasteiger partial charge in [0.15, 0.2) is 5.65 Å². The van der Waals surface area contributed by atoms with E-state index in [4.69, 9.17) is 10.7 Å². The minimum absolute atomic E-state index is 0.454. The molecule has 0 radical (unpaired) electrons. The third-order valence-corrected chi connectivity index (χ3v) is 5.29. The van der Waals surface area contributed by atoms with Gasteiger partial charge in [-0.3, -0.25) is 9.97 Å². The van der Waals surface area contributed by atoms with Crippen molar-refractivity contribution in [1.29, 1.82) is 0 Å². The molecule has 0 saturated heterocycles. The van der Waals surface area contributed by atoms with Crippen LogP contribution in [0.3, 0.4) is 0 Å². The Hall–Kier alpha value is -2.02. The molecule has 1 aliphatic rings. The third-order valence-electron chi connectivity index (χ3n) is 4.48. The first-order chi connectivity index (χ1) is 11.3.